The van der Waals surface area contributed by atoms with Crippen molar-refractivity contribution in [2.75, 3.05) is 21.3 Å². The second-order valence-electron chi connectivity index (χ2n) is 4.82. The molecule has 0 aromatic heterocycles. The first kappa shape index (κ1) is 13.0. The van der Waals surface area contributed by atoms with Crippen LogP contribution in [-0.2, 0) is 6.42 Å². The molecule has 1 aliphatic rings. The highest BCUT2D eigenvalue weighted by atomic mass is 16.5. The first-order valence-electron chi connectivity index (χ1n) is 6.22. The second-order valence-corrected chi connectivity index (χ2v) is 4.82. The van der Waals surface area contributed by atoms with Crippen LogP contribution in [0.15, 0.2) is 12.1 Å². The van der Waals surface area contributed by atoms with Gasteiger partial charge in [-0.05, 0) is 36.8 Å². The molecule has 18 heavy (non-hydrogen) atoms. The third-order valence-electron chi connectivity index (χ3n) is 3.57. The molecule has 0 bridgehead atoms. The number of hydrogen-bond acceptors (Lipinski definition) is 4. The molecule has 4 nitrogen and oxygen atoms in total. The average molecular weight is 251 g/mol. The lowest BCUT2D eigenvalue weighted by atomic mass is 9.77. The Kier molecular flexibility index (Phi) is 3.97. The van der Waals surface area contributed by atoms with Crippen LogP contribution in [0.1, 0.15) is 18.4 Å². The zero-order chi connectivity index (χ0) is 13.1. The summed E-state index contributed by atoms with van der Waals surface area (Å²) in [6.07, 6.45) is 3.17. The highest BCUT2D eigenvalue weighted by Crippen LogP contribution is 2.38. The Morgan fingerprint density at radius 2 is 1.56 bits per heavy atom. The minimum Gasteiger partial charge on any atom is -0.496 e. The average Bonchev–Trinajstić information content (AvgIpc) is 2.36. The van der Waals surface area contributed by atoms with Crippen molar-refractivity contribution in [2.45, 2.75) is 25.3 Å². The van der Waals surface area contributed by atoms with Gasteiger partial charge in [0.25, 0.3) is 0 Å². The van der Waals surface area contributed by atoms with E-state index < -0.39 is 0 Å². The summed E-state index contributed by atoms with van der Waals surface area (Å²) in [6.45, 7) is 0. The molecule has 100 valence electrons. The molecule has 1 aliphatic carbocycles. The third kappa shape index (κ3) is 2.53. The number of benzene rings is 1. The monoisotopic (exact) mass is 251 g/mol. The van der Waals surface area contributed by atoms with E-state index >= 15 is 0 Å². The van der Waals surface area contributed by atoms with Crippen LogP contribution in [0.4, 0.5) is 0 Å². The molecule has 1 fully saturated rings. The van der Waals surface area contributed by atoms with Crippen LogP contribution in [0.2, 0.25) is 0 Å². The fourth-order valence-electron chi connectivity index (χ4n) is 2.52. The van der Waals surface area contributed by atoms with Crippen molar-refractivity contribution in [3.8, 4) is 17.2 Å². The predicted molar refractivity (Wildman–Crippen MR) is 70.5 cm³/mol. The van der Waals surface area contributed by atoms with Crippen LogP contribution in [0.5, 0.6) is 17.2 Å². The van der Waals surface area contributed by atoms with E-state index in [-0.39, 0.29) is 0 Å². The number of hydrogen-bond donors (Lipinski definition) is 1. The maximum Gasteiger partial charge on any atom is 0.164 e. The number of ether oxygens (including phenoxy) is 3. The maximum absolute atomic E-state index is 5.82. The maximum atomic E-state index is 5.82. The summed E-state index contributed by atoms with van der Waals surface area (Å²) >= 11 is 0. The van der Waals surface area contributed by atoms with E-state index in [1.54, 1.807) is 21.3 Å². The lowest BCUT2D eigenvalue weighted by molar-refractivity contribution is 0.261. The number of methoxy groups -OCH3 is 3. The van der Waals surface area contributed by atoms with Crippen molar-refractivity contribution in [1.29, 1.82) is 0 Å². The molecule has 1 saturated carbocycles. The van der Waals surface area contributed by atoms with Crippen LogP contribution >= 0.6 is 0 Å². The fourth-order valence-corrected chi connectivity index (χ4v) is 2.52. The molecule has 0 spiro atoms. The molecule has 1 aromatic rings. The molecule has 2 N–H and O–H groups in total. The highest BCUT2D eigenvalue weighted by molar-refractivity contribution is 5.50. The number of rotatable bonds is 5. The van der Waals surface area contributed by atoms with Crippen LogP contribution in [0, 0.1) is 5.92 Å². The molecule has 0 unspecified atom stereocenters. The van der Waals surface area contributed by atoms with Crippen LogP contribution in [0.3, 0.4) is 0 Å². The van der Waals surface area contributed by atoms with Crippen LogP contribution < -0.4 is 19.9 Å². The Morgan fingerprint density at radius 1 is 1.00 bits per heavy atom. The van der Waals surface area contributed by atoms with Gasteiger partial charge in [0.2, 0.25) is 0 Å². The van der Waals surface area contributed by atoms with Gasteiger partial charge in [-0.3, -0.25) is 0 Å². The van der Waals surface area contributed by atoms with E-state index in [4.69, 9.17) is 19.9 Å². The van der Waals surface area contributed by atoms with Gasteiger partial charge < -0.3 is 19.9 Å². The second kappa shape index (κ2) is 5.48. The quantitative estimate of drug-likeness (QED) is 0.869. The van der Waals surface area contributed by atoms with Gasteiger partial charge in [-0.2, -0.15) is 0 Å². The molecule has 0 atom stereocenters. The van der Waals surface area contributed by atoms with Crippen molar-refractivity contribution in [2.24, 2.45) is 11.7 Å². The van der Waals surface area contributed by atoms with E-state index in [2.05, 4.69) is 0 Å². The first-order chi connectivity index (χ1) is 8.67. The lowest BCUT2D eigenvalue weighted by Crippen LogP contribution is -2.37. The Hall–Kier alpha value is -1.42. The summed E-state index contributed by atoms with van der Waals surface area (Å²) in [6, 6.07) is 4.26. The van der Waals surface area contributed by atoms with Crippen molar-refractivity contribution in [3.63, 3.8) is 0 Å². The molecule has 2 rings (SSSR count). The Bertz CT molecular complexity index is 414. The molecule has 0 radical (unpaired) electrons. The lowest BCUT2D eigenvalue weighted by Gasteiger charge is -2.32. The van der Waals surface area contributed by atoms with Gasteiger partial charge in [0.1, 0.15) is 5.75 Å². The summed E-state index contributed by atoms with van der Waals surface area (Å²) < 4.78 is 16.0. The van der Waals surface area contributed by atoms with Crippen molar-refractivity contribution >= 4 is 0 Å². The normalized spacial score (nSPS) is 22.2. The van der Waals surface area contributed by atoms with Gasteiger partial charge >= 0.3 is 0 Å². The predicted octanol–water partition coefficient (Wildman–Crippen LogP) is 1.99. The summed E-state index contributed by atoms with van der Waals surface area (Å²) in [5.41, 5.74) is 6.98. The summed E-state index contributed by atoms with van der Waals surface area (Å²) in [4.78, 5) is 0. The number of nitrogens with two attached hydrogens (primary N) is 1. The van der Waals surface area contributed by atoms with Gasteiger partial charge in [0.15, 0.2) is 11.5 Å². The Balaban J connectivity index is 2.21. The first-order valence-corrected chi connectivity index (χ1v) is 6.22. The van der Waals surface area contributed by atoms with E-state index in [9.17, 15) is 0 Å². The smallest absolute Gasteiger partial charge is 0.164 e. The minimum atomic E-state index is 0.376. The van der Waals surface area contributed by atoms with Gasteiger partial charge in [0.05, 0.1) is 21.3 Å². The van der Waals surface area contributed by atoms with Crippen molar-refractivity contribution in [3.05, 3.63) is 17.7 Å². The topological polar surface area (TPSA) is 53.7 Å². The van der Waals surface area contributed by atoms with E-state index in [1.165, 1.54) is 0 Å². The highest BCUT2D eigenvalue weighted by Gasteiger charge is 2.27. The van der Waals surface area contributed by atoms with E-state index in [0.717, 1.165) is 36.3 Å². The van der Waals surface area contributed by atoms with Gasteiger partial charge in [-0.15, -0.1) is 0 Å². The molecule has 1 aromatic carbocycles. The van der Waals surface area contributed by atoms with Gasteiger partial charge in [-0.1, -0.05) is 0 Å². The largest absolute Gasteiger partial charge is 0.496 e. The molecule has 0 heterocycles. The van der Waals surface area contributed by atoms with Gasteiger partial charge in [0, 0.05) is 12.1 Å². The Labute approximate surface area is 108 Å². The summed E-state index contributed by atoms with van der Waals surface area (Å²) in [7, 11) is 4.95. The van der Waals surface area contributed by atoms with Crippen LogP contribution in [0.25, 0.3) is 0 Å². The van der Waals surface area contributed by atoms with Crippen molar-refractivity contribution in [1.82, 2.24) is 0 Å². The third-order valence-corrected chi connectivity index (χ3v) is 3.57. The SMILES string of the molecule is COc1cc(OC)c(OC)cc1CC1CC(N)C1. The van der Waals surface area contributed by atoms with Crippen molar-refractivity contribution < 1.29 is 14.2 Å². The molecule has 0 amide bonds. The van der Waals surface area contributed by atoms with Crippen LogP contribution in [-0.4, -0.2) is 27.4 Å². The Morgan fingerprint density at radius 3 is 2.06 bits per heavy atom. The molecule has 4 heteroatoms. The van der Waals surface area contributed by atoms with E-state index in [0.29, 0.717) is 17.7 Å². The molecule has 0 aliphatic heterocycles. The van der Waals surface area contributed by atoms with Gasteiger partial charge in [-0.25, -0.2) is 0 Å². The summed E-state index contributed by atoms with van der Waals surface area (Å²) in [5.74, 6) is 2.96. The molecule has 0 saturated heterocycles. The fraction of sp³-hybridized carbons (Fsp3) is 0.571. The zero-order valence-electron chi connectivity index (χ0n) is 11.2. The molecular weight excluding hydrogens is 230 g/mol. The standard InChI is InChI=1S/C14H21NO3/c1-16-12-8-14(18-3)13(17-2)7-10(12)4-9-5-11(15)6-9/h7-9,11H,4-6,15H2,1-3H3. The molecular formula is C14H21NO3. The summed E-state index contributed by atoms with van der Waals surface area (Å²) in [5, 5.41) is 0. The minimum absolute atomic E-state index is 0.376. The van der Waals surface area contributed by atoms with E-state index in [1.807, 2.05) is 12.1 Å². The zero-order valence-corrected chi connectivity index (χ0v) is 11.2.